The molecule has 178 valence electrons. The summed E-state index contributed by atoms with van der Waals surface area (Å²) in [5, 5.41) is 7.83. The molecule has 1 aliphatic heterocycles. The largest absolute Gasteiger partial charge is 0.493 e. The number of amides is 1. The lowest BCUT2D eigenvalue weighted by atomic mass is 9.99. The van der Waals surface area contributed by atoms with Gasteiger partial charge in [0.1, 0.15) is 5.82 Å². The number of nitrogens with zero attached hydrogens (tertiary/aromatic N) is 4. The third-order valence-electron chi connectivity index (χ3n) is 5.74. The number of methoxy groups -OCH3 is 2. The SMILES string of the molecule is COc1ccc(C2SCC(=O)Nc3c2c(-c2ccccc2)nn3-c2nc(C)cc(C)n2)cc1OC. The Balaban J connectivity index is 1.78. The Labute approximate surface area is 207 Å². The zero-order valence-electron chi connectivity index (χ0n) is 19.9. The van der Waals surface area contributed by atoms with E-state index in [1.807, 2.05) is 68.4 Å². The van der Waals surface area contributed by atoms with Crippen LogP contribution in [-0.4, -0.2) is 45.6 Å². The second-order valence-electron chi connectivity index (χ2n) is 8.19. The van der Waals surface area contributed by atoms with Gasteiger partial charge in [0, 0.05) is 22.5 Å². The van der Waals surface area contributed by atoms with Crippen LogP contribution < -0.4 is 14.8 Å². The lowest BCUT2D eigenvalue weighted by molar-refractivity contribution is -0.113. The van der Waals surface area contributed by atoms with Gasteiger partial charge in [-0.2, -0.15) is 9.78 Å². The molecule has 5 rings (SSSR count). The van der Waals surface area contributed by atoms with E-state index in [-0.39, 0.29) is 16.9 Å². The Morgan fingerprint density at radius 2 is 1.69 bits per heavy atom. The standard InChI is InChI=1S/C26H25N5O3S/c1-15-12-16(2)28-26(27-15)31-25-22(23(30-31)17-8-6-5-7-9-17)24(35-14-21(32)29-25)18-10-11-19(33-3)20(13-18)34-4/h5-13,24H,14H2,1-4H3,(H,29,32). The molecule has 1 unspecified atom stereocenters. The highest BCUT2D eigenvalue weighted by molar-refractivity contribution is 8.00. The normalized spacial score (nSPS) is 15.2. The first-order valence-corrected chi connectivity index (χ1v) is 12.2. The molecule has 2 aromatic heterocycles. The number of aromatic nitrogens is 4. The van der Waals surface area contributed by atoms with Crippen LogP contribution >= 0.6 is 11.8 Å². The Morgan fingerprint density at radius 3 is 2.37 bits per heavy atom. The molecule has 1 aliphatic rings. The molecule has 0 saturated carbocycles. The molecular weight excluding hydrogens is 462 g/mol. The second-order valence-corrected chi connectivity index (χ2v) is 9.29. The van der Waals surface area contributed by atoms with Gasteiger partial charge in [-0.25, -0.2) is 9.97 Å². The molecule has 8 nitrogen and oxygen atoms in total. The average Bonchev–Trinajstić information content (AvgIpc) is 3.13. The van der Waals surface area contributed by atoms with Crippen LogP contribution in [0.4, 0.5) is 5.82 Å². The quantitative estimate of drug-likeness (QED) is 0.435. The van der Waals surface area contributed by atoms with Crippen molar-refractivity contribution < 1.29 is 14.3 Å². The number of thioether (sulfide) groups is 1. The van der Waals surface area contributed by atoms with E-state index in [9.17, 15) is 4.79 Å². The van der Waals surface area contributed by atoms with Gasteiger partial charge in [0.15, 0.2) is 11.5 Å². The van der Waals surface area contributed by atoms with E-state index in [0.717, 1.165) is 33.8 Å². The molecule has 3 heterocycles. The topological polar surface area (TPSA) is 91.2 Å². The zero-order chi connectivity index (χ0) is 24.5. The van der Waals surface area contributed by atoms with Crippen LogP contribution in [0.1, 0.15) is 27.8 Å². The van der Waals surface area contributed by atoms with Crippen LogP contribution in [0.5, 0.6) is 11.5 Å². The van der Waals surface area contributed by atoms with Crippen LogP contribution in [0.3, 0.4) is 0 Å². The van der Waals surface area contributed by atoms with Crippen molar-refractivity contribution in [2.75, 3.05) is 25.3 Å². The Hall–Kier alpha value is -3.85. The van der Waals surface area contributed by atoms with Gasteiger partial charge in [0.2, 0.25) is 5.91 Å². The van der Waals surface area contributed by atoms with Crippen molar-refractivity contribution >= 4 is 23.5 Å². The van der Waals surface area contributed by atoms with Crippen LogP contribution in [0.25, 0.3) is 17.2 Å². The fourth-order valence-electron chi connectivity index (χ4n) is 4.24. The van der Waals surface area contributed by atoms with Gasteiger partial charge in [-0.3, -0.25) is 4.79 Å². The maximum atomic E-state index is 12.9. The van der Waals surface area contributed by atoms with Crippen molar-refractivity contribution in [1.82, 2.24) is 19.7 Å². The van der Waals surface area contributed by atoms with Crippen molar-refractivity contribution in [2.24, 2.45) is 0 Å². The van der Waals surface area contributed by atoms with E-state index in [2.05, 4.69) is 15.3 Å². The van der Waals surface area contributed by atoms with Crippen LogP contribution in [0.15, 0.2) is 54.6 Å². The number of carbonyl (C=O) groups is 1. The molecule has 1 atom stereocenters. The number of anilines is 1. The molecule has 0 bridgehead atoms. The molecule has 1 N–H and O–H groups in total. The van der Waals surface area contributed by atoms with Gasteiger partial charge in [-0.1, -0.05) is 36.4 Å². The van der Waals surface area contributed by atoms with Gasteiger partial charge in [0.05, 0.1) is 30.9 Å². The fraction of sp³-hybridized carbons (Fsp3) is 0.231. The van der Waals surface area contributed by atoms with E-state index >= 15 is 0 Å². The van der Waals surface area contributed by atoms with Crippen molar-refractivity contribution in [3.8, 4) is 28.7 Å². The summed E-state index contributed by atoms with van der Waals surface area (Å²) in [7, 11) is 3.23. The number of hydrogen-bond donors (Lipinski definition) is 1. The molecule has 9 heteroatoms. The first-order chi connectivity index (χ1) is 17.0. The van der Waals surface area contributed by atoms with Gasteiger partial charge >= 0.3 is 0 Å². The van der Waals surface area contributed by atoms with Crippen molar-refractivity contribution in [2.45, 2.75) is 19.1 Å². The van der Waals surface area contributed by atoms with E-state index in [0.29, 0.717) is 23.3 Å². The Bertz CT molecular complexity index is 1380. The average molecular weight is 488 g/mol. The number of rotatable bonds is 5. The van der Waals surface area contributed by atoms with Crippen LogP contribution in [-0.2, 0) is 4.79 Å². The molecule has 0 spiro atoms. The summed E-state index contributed by atoms with van der Waals surface area (Å²) in [6.45, 7) is 3.83. The molecule has 4 aromatic rings. The molecular formula is C26H25N5O3S. The lowest BCUT2D eigenvalue weighted by Gasteiger charge is -2.18. The van der Waals surface area contributed by atoms with E-state index in [1.165, 1.54) is 0 Å². The summed E-state index contributed by atoms with van der Waals surface area (Å²) in [5.41, 5.74) is 5.21. The van der Waals surface area contributed by atoms with E-state index in [4.69, 9.17) is 14.6 Å². The third kappa shape index (κ3) is 4.35. The maximum absolute atomic E-state index is 12.9. The summed E-state index contributed by atoms with van der Waals surface area (Å²) in [6, 6.07) is 17.7. The van der Waals surface area contributed by atoms with Crippen LogP contribution in [0.2, 0.25) is 0 Å². The zero-order valence-corrected chi connectivity index (χ0v) is 20.7. The number of carbonyl (C=O) groups excluding carboxylic acids is 1. The predicted octanol–water partition coefficient (Wildman–Crippen LogP) is 4.74. The second kappa shape index (κ2) is 9.42. The molecule has 35 heavy (non-hydrogen) atoms. The molecule has 0 saturated heterocycles. The summed E-state index contributed by atoms with van der Waals surface area (Å²) in [5.74, 6) is 2.44. The van der Waals surface area contributed by atoms with E-state index in [1.54, 1.807) is 30.7 Å². The number of benzene rings is 2. The number of hydrogen-bond acceptors (Lipinski definition) is 7. The highest BCUT2D eigenvalue weighted by atomic mass is 32.2. The minimum atomic E-state index is -0.196. The van der Waals surface area contributed by atoms with Crippen molar-refractivity contribution in [3.63, 3.8) is 0 Å². The van der Waals surface area contributed by atoms with Gasteiger partial charge in [-0.15, -0.1) is 11.8 Å². The number of aryl methyl sites for hydroxylation is 2. The molecule has 0 radical (unpaired) electrons. The number of ether oxygens (including phenoxy) is 2. The number of nitrogens with one attached hydrogen (secondary N) is 1. The fourth-order valence-corrected chi connectivity index (χ4v) is 5.36. The maximum Gasteiger partial charge on any atom is 0.252 e. The minimum absolute atomic E-state index is 0.107. The monoisotopic (exact) mass is 487 g/mol. The van der Waals surface area contributed by atoms with Gasteiger partial charge in [0.25, 0.3) is 5.95 Å². The van der Waals surface area contributed by atoms with Crippen LogP contribution in [0, 0.1) is 13.8 Å². The van der Waals surface area contributed by atoms with E-state index < -0.39 is 0 Å². The van der Waals surface area contributed by atoms with Gasteiger partial charge in [-0.05, 0) is 37.6 Å². The highest BCUT2D eigenvalue weighted by Gasteiger charge is 2.33. The Morgan fingerprint density at radius 1 is 0.971 bits per heavy atom. The smallest absolute Gasteiger partial charge is 0.252 e. The molecule has 0 fully saturated rings. The molecule has 2 aromatic carbocycles. The van der Waals surface area contributed by atoms with Crippen molar-refractivity contribution in [1.29, 1.82) is 0 Å². The summed E-state index contributed by atoms with van der Waals surface area (Å²) < 4.78 is 12.7. The molecule has 0 aliphatic carbocycles. The first-order valence-electron chi connectivity index (χ1n) is 11.1. The predicted molar refractivity (Wildman–Crippen MR) is 137 cm³/mol. The van der Waals surface area contributed by atoms with Crippen molar-refractivity contribution in [3.05, 3.63) is 77.1 Å². The van der Waals surface area contributed by atoms with Gasteiger partial charge < -0.3 is 14.8 Å². The number of fused-ring (bicyclic) bond motifs is 1. The third-order valence-corrected chi connectivity index (χ3v) is 7.01. The Kier molecular flexibility index (Phi) is 6.17. The highest BCUT2D eigenvalue weighted by Crippen LogP contribution is 2.47. The minimum Gasteiger partial charge on any atom is -0.493 e. The molecule has 1 amide bonds. The summed E-state index contributed by atoms with van der Waals surface area (Å²) >= 11 is 1.54. The first kappa shape index (κ1) is 22.9. The summed E-state index contributed by atoms with van der Waals surface area (Å²) in [4.78, 5) is 22.1. The lowest BCUT2D eigenvalue weighted by Crippen LogP contribution is -2.17. The summed E-state index contributed by atoms with van der Waals surface area (Å²) in [6.07, 6.45) is 0.